The average molecular weight is 473 g/mol. The fourth-order valence-corrected chi connectivity index (χ4v) is 4.77. The van der Waals surface area contributed by atoms with Gasteiger partial charge < -0.3 is 20.3 Å². The van der Waals surface area contributed by atoms with Crippen molar-refractivity contribution >= 4 is 17.3 Å². The Morgan fingerprint density at radius 2 is 1.79 bits per heavy atom. The molecule has 2 fully saturated rings. The molecule has 7 nitrogen and oxygen atoms in total. The molecule has 2 aliphatic heterocycles. The quantitative estimate of drug-likeness (QED) is 0.504. The highest BCUT2D eigenvalue weighted by molar-refractivity contribution is 5.63. The molecule has 0 radical (unpaired) electrons. The van der Waals surface area contributed by atoms with Crippen LogP contribution in [-0.2, 0) is 4.74 Å². The van der Waals surface area contributed by atoms with Crippen LogP contribution in [-0.4, -0.2) is 58.6 Å². The van der Waals surface area contributed by atoms with Gasteiger partial charge in [-0.15, -0.1) is 5.10 Å². The minimum absolute atomic E-state index is 0. The van der Waals surface area contributed by atoms with Crippen LogP contribution in [0.5, 0.6) is 0 Å². The van der Waals surface area contributed by atoms with Crippen LogP contribution in [0.1, 0.15) is 27.7 Å². The topological polar surface area (TPSA) is 67.2 Å². The molecule has 1 aromatic heterocycles. The zero-order valence-electron chi connectivity index (χ0n) is 19.3. The predicted molar refractivity (Wildman–Crippen MR) is 132 cm³/mol. The number of nitrogens with zero attached hydrogens (tertiary/aromatic N) is 4. The summed E-state index contributed by atoms with van der Waals surface area (Å²) in [4.78, 5) is 6.80. The van der Waals surface area contributed by atoms with E-state index >= 15 is 0 Å². The maximum absolute atomic E-state index is 13.5. The Morgan fingerprint density at radius 3 is 2.53 bits per heavy atom. The van der Waals surface area contributed by atoms with Gasteiger partial charge in [0.2, 0.25) is 5.95 Å². The Balaban J connectivity index is 0.00000180. The van der Waals surface area contributed by atoms with Crippen LogP contribution in [0.2, 0.25) is 0 Å². The summed E-state index contributed by atoms with van der Waals surface area (Å²) in [6.45, 7) is 7.21. The largest absolute Gasteiger partial charge is 0.382 e. The number of halogens is 2. The number of nitrogens with one attached hydrogen (secondary N) is 2. The summed E-state index contributed by atoms with van der Waals surface area (Å²) in [5.41, 5.74) is 3.29. The summed E-state index contributed by atoms with van der Waals surface area (Å²) in [5.74, 6) is -0.280. The number of rotatable bonds is 7. The fourth-order valence-electron chi connectivity index (χ4n) is 4.77. The molecule has 2 aliphatic rings. The van der Waals surface area contributed by atoms with Gasteiger partial charge in [-0.05, 0) is 68.0 Å². The van der Waals surface area contributed by atoms with Gasteiger partial charge in [-0.3, -0.25) is 0 Å². The van der Waals surface area contributed by atoms with Crippen molar-refractivity contribution in [3.8, 4) is 5.69 Å². The summed E-state index contributed by atoms with van der Waals surface area (Å²) >= 11 is 0. The lowest BCUT2D eigenvalue weighted by atomic mass is 10.0. The van der Waals surface area contributed by atoms with Crippen LogP contribution in [0, 0.1) is 24.5 Å². The normalized spacial score (nSPS) is 19.4. The predicted octanol–water partition coefficient (Wildman–Crippen LogP) is 5.00. The molecule has 184 valence electrons. The molecule has 0 aliphatic carbocycles. The third-order valence-electron chi connectivity index (χ3n) is 6.44. The molecular weight excluding hydrogens is 438 g/mol. The van der Waals surface area contributed by atoms with Crippen LogP contribution in [0.3, 0.4) is 0 Å². The Kier molecular flexibility index (Phi) is 6.73. The van der Waals surface area contributed by atoms with E-state index in [4.69, 9.17) is 4.74 Å². The van der Waals surface area contributed by atoms with Crippen molar-refractivity contribution in [3.63, 3.8) is 0 Å². The van der Waals surface area contributed by atoms with Crippen molar-refractivity contribution in [2.75, 3.05) is 43.5 Å². The maximum Gasteiger partial charge on any atom is 0.246 e. The van der Waals surface area contributed by atoms with E-state index in [1.54, 1.807) is 0 Å². The number of benzene rings is 2. The number of hydrogen-bond donors (Lipinski definition) is 2. The molecule has 1 unspecified atom stereocenters. The van der Waals surface area contributed by atoms with Crippen molar-refractivity contribution in [1.29, 1.82) is 0 Å². The van der Waals surface area contributed by atoms with Gasteiger partial charge in [-0.1, -0.05) is 0 Å². The highest BCUT2D eigenvalue weighted by Gasteiger charge is 2.24. The molecule has 0 spiro atoms. The zero-order chi connectivity index (χ0) is 23.5. The number of aromatic nitrogens is 3. The second-order valence-electron chi connectivity index (χ2n) is 9.30. The fraction of sp³-hybridized carbons (Fsp3) is 0.440. The molecule has 3 heterocycles. The molecule has 0 bridgehead atoms. The summed E-state index contributed by atoms with van der Waals surface area (Å²) in [7, 11) is 0. The van der Waals surface area contributed by atoms with E-state index < -0.39 is 11.6 Å². The number of anilines is 3. The van der Waals surface area contributed by atoms with Gasteiger partial charge in [0.05, 0.1) is 12.3 Å². The molecule has 0 amide bonds. The summed E-state index contributed by atoms with van der Waals surface area (Å²) in [6.07, 6.45) is 4.83. The second kappa shape index (κ2) is 10.1. The smallest absolute Gasteiger partial charge is 0.246 e. The van der Waals surface area contributed by atoms with E-state index in [9.17, 15) is 8.78 Å². The lowest BCUT2D eigenvalue weighted by Crippen LogP contribution is -2.41. The highest BCUT2D eigenvalue weighted by Crippen LogP contribution is 2.25. The number of hydrogen-bond acceptors (Lipinski definition) is 6. The second-order valence-corrected chi connectivity index (χ2v) is 9.30. The number of ether oxygens (including phenoxy) is 1. The van der Waals surface area contributed by atoms with E-state index in [1.165, 1.54) is 29.6 Å². The molecule has 0 saturated carbocycles. The lowest BCUT2D eigenvalue weighted by Gasteiger charge is -2.34. The molecule has 3 aromatic rings. The van der Waals surface area contributed by atoms with Crippen molar-refractivity contribution < 1.29 is 16.4 Å². The highest BCUT2D eigenvalue weighted by atomic mass is 19.1. The number of likely N-dealkylation sites (tertiary alicyclic amines) is 1. The van der Waals surface area contributed by atoms with Crippen molar-refractivity contribution in [2.24, 2.45) is 5.92 Å². The monoisotopic (exact) mass is 472 g/mol. The third kappa shape index (κ3) is 5.71. The van der Waals surface area contributed by atoms with Crippen LogP contribution in [0.25, 0.3) is 5.69 Å². The first-order valence-corrected chi connectivity index (χ1v) is 11.8. The van der Waals surface area contributed by atoms with E-state index in [1.807, 2.05) is 19.1 Å². The third-order valence-corrected chi connectivity index (χ3v) is 6.44. The first-order valence-electron chi connectivity index (χ1n) is 11.8. The molecule has 2 saturated heterocycles. The molecule has 2 N–H and O–H groups in total. The molecule has 9 heteroatoms. The van der Waals surface area contributed by atoms with Gasteiger partial charge in [-0.25, -0.2) is 13.5 Å². The van der Waals surface area contributed by atoms with Crippen LogP contribution in [0.4, 0.5) is 26.1 Å². The van der Waals surface area contributed by atoms with Crippen LogP contribution < -0.4 is 10.6 Å². The minimum atomic E-state index is -0.659. The summed E-state index contributed by atoms with van der Waals surface area (Å²) in [5, 5.41) is 11.2. The summed E-state index contributed by atoms with van der Waals surface area (Å²) < 4.78 is 33.9. The van der Waals surface area contributed by atoms with E-state index in [-0.39, 0.29) is 8.54 Å². The van der Waals surface area contributed by atoms with Crippen molar-refractivity contribution in [1.82, 2.24) is 19.7 Å². The first kappa shape index (κ1) is 22.7. The van der Waals surface area contributed by atoms with Gasteiger partial charge in [0.1, 0.15) is 18.0 Å². The van der Waals surface area contributed by atoms with Gasteiger partial charge in [0, 0.05) is 52.6 Å². The van der Waals surface area contributed by atoms with E-state index in [2.05, 4.69) is 31.7 Å². The average Bonchev–Trinajstić information content (AvgIpc) is 3.46. The Hall–Kier alpha value is -3.04. The van der Waals surface area contributed by atoms with Gasteiger partial charge in [-0.2, -0.15) is 4.98 Å². The van der Waals surface area contributed by atoms with Gasteiger partial charge in [0.15, 0.2) is 0 Å². The molecule has 5 rings (SSSR count). The van der Waals surface area contributed by atoms with E-state index in [0.29, 0.717) is 17.9 Å². The van der Waals surface area contributed by atoms with Crippen LogP contribution >= 0.6 is 0 Å². The standard InChI is InChI=1S/C25H30F2N6O.2H2/c1-17-8-22(29-21-2-5-32(6-3-21)14-18-4-7-34-15-18)13-23(9-17)30-25-28-16-33(31-25)24-11-19(26)10-20(27)12-24;;/h8-13,16,18,21,29H,2-7,14-15H2,1H3,(H,30,31);2*1H. The molecule has 2 aromatic carbocycles. The summed E-state index contributed by atoms with van der Waals surface area (Å²) in [6, 6.07) is 9.87. The maximum atomic E-state index is 13.5. The molecule has 1 atom stereocenters. The molecular formula is C25H34F2N6O. The van der Waals surface area contributed by atoms with Gasteiger partial charge >= 0.3 is 0 Å². The SMILES string of the molecule is Cc1cc(Nc2ncn(-c3cc(F)cc(F)c3)n2)cc(NC2CCN(CC3CCOC3)CC2)c1.[HH].[HH]. The zero-order valence-corrected chi connectivity index (χ0v) is 19.3. The van der Waals surface area contributed by atoms with E-state index in [0.717, 1.165) is 68.7 Å². The van der Waals surface area contributed by atoms with Gasteiger partial charge in [0.25, 0.3) is 0 Å². The number of piperidine rings is 1. The Morgan fingerprint density at radius 1 is 1.03 bits per heavy atom. The first-order chi connectivity index (χ1) is 16.5. The van der Waals surface area contributed by atoms with Crippen LogP contribution in [0.15, 0.2) is 42.7 Å². The Labute approximate surface area is 201 Å². The number of aryl methyl sites for hydroxylation is 1. The van der Waals surface area contributed by atoms with Crippen molar-refractivity contribution in [2.45, 2.75) is 32.2 Å². The minimum Gasteiger partial charge on any atom is -0.382 e. The van der Waals surface area contributed by atoms with Crippen molar-refractivity contribution in [3.05, 3.63) is 59.9 Å². The molecule has 34 heavy (non-hydrogen) atoms. The lowest BCUT2D eigenvalue weighted by molar-refractivity contribution is 0.154. The Bertz CT molecular complexity index is 1110.